The Morgan fingerprint density at radius 2 is 2.06 bits per heavy atom. The predicted octanol–water partition coefficient (Wildman–Crippen LogP) is 3.68. The third-order valence-electron chi connectivity index (χ3n) is 6.04. The molecule has 8 heteroatoms. The molecule has 0 bridgehead atoms. The van der Waals surface area contributed by atoms with Crippen molar-refractivity contribution < 1.29 is 9.21 Å². The van der Waals surface area contributed by atoms with Gasteiger partial charge >= 0.3 is 5.76 Å². The molecule has 1 saturated heterocycles. The molecule has 0 saturated carbocycles. The summed E-state index contributed by atoms with van der Waals surface area (Å²) in [6, 6.07) is 8.83. The van der Waals surface area contributed by atoms with Crippen LogP contribution in [0, 0.1) is 16.7 Å². The van der Waals surface area contributed by atoms with Crippen LogP contribution in [-0.2, 0) is 4.79 Å². The number of nitrogens with zero attached hydrogens (tertiary/aromatic N) is 3. The van der Waals surface area contributed by atoms with Crippen molar-refractivity contribution >= 4 is 22.7 Å². The van der Waals surface area contributed by atoms with Gasteiger partial charge in [-0.1, -0.05) is 39.8 Å². The summed E-state index contributed by atoms with van der Waals surface area (Å²) in [5.41, 5.74) is -0.670. The van der Waals surface area contributed by atoms with Crippen molar-refractivity contribution in [2.24, 2.45) is 5.41 Å². The lowest BCUT2D eigenvalue weighted by atomic mass is 9.86. The van der Waals surface area contributed by atoms with Gasteiger partial charge in [0.15, 0.2) is 0 Å². The molecule has 2 N–H and O–H groups in total. The molecule has 1 aromatic carbocycles. The fourth-order valence-corrected chi connectivity index (χ4v) is 4.43. The number of amides is 1. The number of benzene rings is 1. The highest BCUT2D eigenvalue weighted by Crippen LogP contribution is 2.27. The number of carbonyl (C=O) groups excluding carboxylic acids is 1. The molecule has 1 aliphatic rings. The first-order valence-electron chi connectivity index (χ1n) is 11.8. The number of nitriles is 1. The maximum absolute atomic E-state index is 13.5. The Kier molecular flexibility index (Phi) is 7.75. The van der Waals surface area contributed by atoms with Crippen LogP contribution >= 0.6 is 0 Å². The van der Waals surface area contributed by atoms with Crippen LogP contribution in [0.15, 0.2) is 33.5 Å². The van der Waals surface area contributed by atoms with Crippen LogP contribution in [0.3, 0.4) is 0 Å². The van der Waals surface area contributed by atoms with Gasteiger partial charge in [-0.25, -0.2) is 4.79 Å². The molecule has 1 aromatic heterocycles. The van der Waals surface area contributed by atoms with Gasteiger partial charge in [0.05, 0.1) is 11.5 Å². The Bertz CT molecular complexity index is 1070. The van der Waals surface area contributed by atoms with E-state index in [1.54, 1.807) is 18.2 Å². The van der Waals surface area contributed by atoms with Crippen LogP contribution in [0.4, 0.5) is 5.82 Å². The Hall–Kier alpha value is -2.92. The molecular formula is C25H35N5O3. The van der Waals surface area contributed by atoms with Crippen LogP contribution < -0.4 is 16.4 Å². The number of fused-ring (bicyclic) bond motifs is 1. The summed E-state index contributed by atoms with van der Waals surface area (Å²) >= 11 is 0. The SMILES string of the molecule is CCCN1CCC[C@](C#N)(NC(=O)[C@H](CC(C)(C)C)Nc2nc(=O)oc3ccccc23)CC1. The lowest BCUT2D eigenvalue weighted by Gasteiger charge is -2.32. The smallest absolute Gasteiger partial charge is 0.408 e. The van der Waals surface area contributed by atoms with Gasteiger partial charge in [-0.15, -0.1) is 0 Å². The summed E-state index contributed by atoms with van der Waals surface area (Å²) in [6.45, 7) is 11.0. The molecule has 1 amide bonds. The summed E-state index contributed by atoms with van der Waals surface area (Å²) in [5.74, 6) is -0.666. The minimum absolute atomic E-state index is 0.175. The zero-order valence-corrected chi connectivity index (χ0v) is 20.1. The van der Waals surface area contributed by atoms with Gasteiger partial charge in [0.25, 0.3) is 0 Å². The van der Waals surface area contributed by atoms with Crippen LogP contribution in [0.25, 0.3) is 11.0 Å². The number of para-hydroxylation sites is 1. The van der Waals surface area contributed by atoms with Crippen molar-refractivity contribution in [1.29, 1.82) is 5.26 Å². The van der Waals surface area contributed by atoms with E-state index in [0.717, 1.165) is 32.5 Å². The van der Waals surface area contributed by atoms with Gasteiger partial charge in [-0.05, 0) is 62.7 Å². The summed E-state index contributed by atoms with van der Waals surface area (Å²) in [4.78, 5) is 31.9. The topological polar surface area (TPSA) is 111 Å². The molecule has 1 fully saturated rings. The number of likely N-dealkylation sites (tertiary alicyclic amines) is 1. The van der Waals surface area contributed by atoms with Crippen LogP contribution in [0.2, 0.25) is 0 Å². The molecule has 8 nitrogen and oxygen atoms in total. The van der Waals surface area contributed by atoms with Gasteiger partial charge in [-0.2, -0.15) is 10.2 Å². The Labute approximate surface area is 195 Å². The molecule has 0 spiro atoms. The van der Waals surface area contributed by atoms with Crippen molar-refractivity contribution in [3.8, 4) is 6.07 Å². The number of anilines is 1. The minimum Gasteiger partial charge on any atom is -0.408 e. The van der Waals surface area contributed by atoms with Crippen molar-refractivity contribution in [2.45, 2.75) is 71.4 Å². The van der Waals surface area contributed by atoms with Crippen molar-refractivity contribution in [1.82, 2.24) is 15.2 Å². The average Bonchev–Trinajstić information content (AvgIpc) is 2.95. The van der Waals surface area contributed by atoms with Gasteiger partial charge in [-0.3, -0.25) is 4.79 Å². The Morgan fingerprint density at radius 1 is 1.30 bits per heavy atom. The number of carbonyl (C=O) groups is 1. The molecule has 0 radical (unpaired) electrons. The fraction of sp³-hybridized carbons (Fsp3) is 0.600. The van der Waals surface area contributed by atoms with Gasteiger partial charge in [0.1, 0.15) is 23.0 Å². The molecule has 2 heterocycles. The number of aromatic nitrogens is 1. The molecule has 0 aliphatic carbocycles. The van der Waals surface area contributed by atoms with Crippen molar-refractivity contribution in [3.63, 3.8) is 0 Å². The summed E-state index contributed by atoms with van der Waals surface area (Å²) in [5, 5.41) is 16.9. The molecular weight excluding hydrogens is 418 g/mol. The van der Waals surface area contributed by atoms with E-state index in [1.807, 2.05) is 26.8 Å². The molecule has 2 atom stereocenters. The summed E-state index contributed by atoms with van der Waals surface area (Å²) in [7, 11) is 0. The largest absolute Gasteiger partial charge is 0.441 e. The van der Waals surface area contributed by atoms with E-state index in [4.69, 9.17) is 4.42 Å². The highest BCUT2D eigenvalue weighted by molar-refractivity contribution is 5.91. The highest BCUT2D eigenvalue weighted by Gasteiger charge is 2.37. The second-order valence-corrected chi connectivity index (χ2v) is 10.2. The lowest BCUT2D eigenvalue weighted by molar-refractivity contribution is -0.124. The van der Waals surface area contributed by atoms with Gasteiger partial charge < -0.3 is 20.0 Å². The van der Waals surface area contributed by atoms with E-state index < -0.39 is 17.3 Å². The third-order valence-corrected chi connectivity index (χ3v) is 6.04. The molecule has 33 heavy (non-hydrogen) atoms. The Balaban J connectivity index is 1.86. The number of nitrogens with one attached hydrogen (secondary N) is 2. The normalized spacial score (nSPS) is 20.6. The molecule has 178 valence electrons. The molecule has 1 aliphatic heterocycles. The fourth-order valence-electron chi connectivity index (χ4n) is 4.43. The second kappa shape index (κ2) is 10.3. The predicted molar refractivity (Wildman–Crippen MR) is 129 cm³/mol. The molecule has 2 aromatic rings. The maximum atomic E-state index is 13.5. The third kappa shape index (κ3) is 6.55. The van der Waals surface area contributed by atoms with E-state index >= 15 is 0 Å². The summed E-state index contributed by atoms with van der Waals surface area (Å²) in [6.07, 6.45) is 3.63. The average molecular weight is 454 g/mol. The van der Waals surface area contributed by atoms with Crippen LogP contribution in [0.1, 0.15) is 59.8 Å². The minimum atomic E-state index is -0.900. The Morgan fingerprint density at radius 3 is 2.76 bits per heavy atom. The van der Waals surface area contributed by atoms with Gasteiger partial charge in [0, 0.05) is 6.54 Å². The quantitative estimate of drug-likeness (QED) is 0.658. The number of hydrogen-bond acceptors (Lipinski definition) is 7. The van der Waals surface area contributed by atoms with E-state index in [9.17, 15) is 14.9 Å². The maximum Gasteiger partial charge on any atom is 0.441 e. The second-order valence-electron chi connectivity index (χ2n) is 10.2. The summed E-state index contributed by atoms with van der Waals surface area (Å²) < 4.78 is 5.19. The molecule has 0 unspecified atom stereocenters. The number of rotatable bonds is 7. The van der Waals surface area contributed by atoms with Crippen LogP contribution in [-0.4, -0.2) is 47.0 Å². The van der Waals surface area contributed by atoms with Crippen molar-refractivity contribution in [3.05, 3.63) is 34.8 Å². The first kappa shape index (κ1) is 24.7. The first-order valence-corrected chi connectivity index (χ1v) is 11.8. The van der Waals surface area contributed by atoms with E-state index in [2.05, 4.69) is 33.5 Å². The van der Waals surface area contributed by atoms with Crippen molar-refractivity contribution in [2.75, 3.05) is 25.0 Å². The monoisotopic (exact) mass is 453 g/mol. The lowest BCUT2D eigenvalue weighted by Crippen LogP contribution is -2.53. The first-order chi connectivity index (χ1) is 15.6. The zero-order valence-electron chi connectivity index (χ0n) is 20.1. The zero-order chi connectivity index (χ0) is 24.1. The standard InChI is InChI=1S/C25H35N5O3/c1-5-13-30-14-8-11-25(17-26,12-15-30)29-22(31)19(16-24(2,3)4)27-21-18-9-6-7-10-20(18)33-23(32)28-21/h6-7,9-10,19H,5,8,11-16H2,1-4H3,(H,29,31)(H,27,28,32)/t19-,25-/m0/s1. The van der Waals surface area contributed by atoms with E-state index in [0.29, 0.717) is 36.0 Å². The van der Waals surface area contributed by atoms with E-state index in [1.165, 1.54) is 0 Å². The highest BCUT2D eigenvalue weighted by atomic mass is 16.4. The molecule has 3 rings (SSSR count). The number of hydrogen-bond donors (Lipinski definition) is 2. The van der Waals surface area contributed by atoms with E-state index in [-0.39, 0.29) is 11.3 Å². The van der Waals surface area contributed by atoms with Crippen LogP contribution in [0.5, 0.6) is 0 Å². The van der Waals surface area contributed by atoms with Gasteiger partial charge in [0.2, 0.25) is 5.91 Å².